The van der Waals surface area contributed by atoms with Crippen LogP contribution in [0.1, 0.15) is 30.1 Å². The average Bonchev–Trinajstić information content (AvgIpc) is 2.39. The number of carbonyl (C=O) groups is 1. The number of hydrogen-bond donors (Lipinski definition) is 0. The smallest absolute Gasteiger partial charge is 0.159 e. The van der Waals surface area contributed by atoms with Crippen LogP contribution in [0.5, 0.6) is 0 Å². The molecule has 1 aliphatic rings. The topological polar surface area (TPSA) is 42.4 Å². The number of hydrogen-bond acceptors (Lipinski definition) is 4. The van der Waals surface area contributed by atoms with Gasteiger partial charge in [0.25, 0.3) is 0 Å². The summed E-state index contributed by atoms with van der Waals surface area (Å²) in [5, 5.41) is 0. The SMILES string of the molecule is CC(=O)c1ccnc(N(C)C2CCOCC2)c1. The molecule has 0 N–H and O–H groups in total. The molecule has 2 heterocycles. The first-order chi connectivity index (χ1) is 8.18. The highest BCUT2D eigenvalue weighted by molar-refractivity contribution is 5.94. The number of ether oxygens (including phenoxy) is 1. The highest BCUT2D eigenvalue weighted by atomic mass is 16.5. The molecule has 4 heteroatoms. The van der Waals surface area contributed by atoms with E-state index >= 15 is 0 Å². The average molecular weight is 234 g/mol. The molecular formula is C13H18N2O2. The summed E-state index contributed by atoms with van der Waals surface area (Å²) >= 11 is 0. The third-order valence-corrected chi connectivity index (χ3v) is 3.25. The maximum absolute atomic E-state index is 11.3. The van der Waals surface area contributed by atoms with Crippen LogP contribution in [0.4, 0.5) is 5.82 Å². The van der Waals surface area contributed by atoms with Crippen LogP contribution in [0.25, 0.3) is 0 Å². The molecule has 0 bridgehead atoms. The Morgan fingerprint density at radius 3 is 2.82 bits per heavy atom. The van der Waals surface area contributed by atoms with E-state index in [1.807, 2.05) is 13.1 Å². The zero-order chi connectivity index (χ0) is 12.3. The molecule has 0 aromatic carbocycles. The van der Waals surface area contributed by atoms with Crippen LogP contribution in [0.15, 0.2) is 18.3 Å². The Morgan fingerprint density at radius 2 is 2.18 bits per heavy atom. The van der Waals surface area contributed by atoms with Gasteiger partial charge in [0.2, 0.25) is 0 Å². The maximum atomic E-state index is 11.3. The number of rotatable bonds is 3. The van der Waals surface area contributed by atoms with Crippen LogP contribution in [0.3, 0.4) is 0 Å². The van der Waals surface area contributed by atoms with Crippen molar-refractivity contribution in [2.24, 2.45) is 0 Å². The molecule has 0 spiro atoms. The van der Waals surface area contributed by atoms with Crippen molar-refractivity contribution < 1.29 is 9.53 Å². The molecule has 4 nitrogen and oxygen atoms in total. The van der Waals surface area contributed by atoms with Crippen molar-refractivity contribution in [3.63, 3.8) is 0 Å². The molecule has 2 rings (SSSR count). The number of Topliss-reactive ketones (excluding diaryl/α,β-unsaturated/α-hetero) is 1. The summed E-state index contributed by atoms with van der Waals surface area (Å²) in [4.78, 5) is 17.8. The van der Waals surface area contributed by atoms with Gasteiger partial charge in [0.15, 0.2) is 5.78 Å². The van der Waals surface area contributed by atoms with Crippen molar-refractivity contribution in [3.8, 4) is 0 Å². The molecule has 17 heavy (non-hydrogen) atoms. The second-order valence-electron chi connectivity index (χ2n) is 4.41. The van der Waals surface area contributed by atoms with Crippen LogP contribution in [-0.4, -0.2) is 37.1 Å². The Balaban J connectivity index is 2.14. The molecule has 1 aromatic rings. The molecule has 1 aliphatic heterocycles. The van der Waals surface area contributed by atoms with E-state index < -0.39 is 0 Å². The predicted octanol–water partition coefficient (Wildman–Crippen LogP) is 1.90. The summed E-state index contributed by atoms with van der Waals surface area (Å²) < 4.78 is 5.35. The van der Waals surface area contributed by atoms with Crippen LogP contribution in [0.2, 0.25) is 0 Å². The number of pyridine rings is 1. The number of carbonyl (C=O) groups excluding carboxylic acids is 1. The van der Waals surface area contributed by atoms with Gasteiger partial charge in [0, 0.05) is 38.1 Å². The number of aromatic nitrogens is 1. The summed E-state index contributed by atoms with van der Waals surface area (Å²) in [6.45, 7) is 3.19. The van der Waals surface area contributed by atoms with Crippen molar-refractivity contribution in [2.75, 3.05) is 25.2 Å². The molecule has 0 aliphatic carbocycles. The van der Waals surface area contributed by atoms with Gasteiger partial charge in [-0.15, -0.1) is 0 Å². The van der Waals surface area contributed by atoms with Crippen molar-refractivity contribution in [1.82, 2.24) is 4.98 Å². The third-order valence-electron chi connectivity index (χ3n) is 3.25. The van der Waals surface area contributed by atoms with Gasteiger partial charge >= 0.3 is 0 Å². The largest absolute Gasteiger partial charge is 0.381 e. The lowest BCUT2D eigenvalue weighted by molar-refractivity contribution is 0.0853. The lowest BCUT2D eigenvalue weighted by atomic mass is 10.1. The van der Waals surface area contributed by atoms with Gasteiger partial charge < -0.3 is 9.64 Å². The Labute approximate surface area is 102 Å². The molecule has 0 radical (unpaired) electrons. The van der Waals surface area contributed by atoms with Crippen LogP contribution in [-0.2, 0) is 4.74 Å². The van der Waals surface area contributed by atoms with Gasteiger partial charge in [0.1, 0.15) is 5.82 Å². The normalized spacial score (nSPS) is 16.8. The van der Waals surface area contributed by atoms with E-state index in [1.54, 1.807) is 19.2 Å². The lowest BCUT2D eigenvalue weighted by Gasteiger charge is -2.32. The summed E-state index contributed by atoms with van der Waals surface area (Å²) in [6.07, 6.45) is 3.73. The van der Waals surface area contributed by atoms with E-state index in [9.17, 15) is 4.79 Å². The zero-order valence-electron chi connectivity index (χ0n) is 10.3. The monoisotopic (exact) mass is 234 g/mol. The third kappa shape index (κ3) is 2.82. The predicted molar refractivity (Wildman–Crippen MR) is 66.5 cm³/mol. The van der Waals surface area contributed by atoms with Gasteiger partial charge in [-0.25, -0.2) is 4.98 Å². The molecule has 1 saturated heterocycles. The van der Waals surface area contributed by atoms with Gasteiger partial charge in [0.05, 0.1) is 0 Å². The van der Waals surface area contributed by atoms with Crippen molar-refractivity contribution in [1.29, 1.82) is 0 Å². The second-order valence-corrected chi connectivity index (χ2v) is 4.41. The van der Waals surface area contributed by atoms with Crippen LogP contribution in [0, 0.1) is 0 Å². The molecule has 1 aromatic heterocycles. The number of ketones is 1. The summed E-state index contributed by atoms with van der Waals surface area (Å²) in [7, 11) is 2.03. The molecule has 0 amide bonds. The first kappa shape index (κ1) is 12.0. The van der Waals surface area contributed by atoms with Gasteiger partial charge in [-0.2, -0.15) is 0 Å². The fourth-order valence-electron chi connectivity index (χ4n) is 2.09. The van der Waals surface area contributed by atoms with E-state index in [0.717, 1.165) is 31.9 Å². The highest BCUT2D eigenvalue weighted by Gasteiger charge is 2.19. The Kier molecular flexibility index (Phi) is 3.74. The molecule has 92 valence electrons. The van der Waals surface area contributed by atoms with E-state index in [0.29, 0.717) is 11.6 Å². The standard InChI is InChI=1S/C13H18N2O2/c1-10(16)11-3-6-14-13(9-11)15(2)12-4-7-17-8-5-12/h3,6,9,12H,4-5,7-8H2,1-2H3. The molecule has 1 fully saturated rings. The van der Waals surface area contributed by atoms with E-state index in [-0.39, 0.29) is 5.78 Å². The first-order valence-electron chi connectivity index (χ1n) is 5.96. The van der Waals surface area contributed by atoms with Gasteiger partial charge in [-0.05, 0) is 31.9 Å². The number of nitrogens with zero attached hydrogens (tertiary/aromatic N) is 2. The minimum atomic E-state index is 0.0778. The fourth-order valence-corrected chi connectivity index (χ4v) is 2.09. The quantitative estimate of drug-likeness (QED) is 0.749. The van der Waals surface area contributed by atoms with Crippen LogP contribution < -0.4 is 4.90 Å². The Hall–Kier alpha value is -1.42. The Morgan fingerprint density at radius 1 is 1.47 bits per heavy atom. The highest BCUT2D eigenvalue weighted by Crippen LogP contribution is 2.20. The fraction of sp³-hybridized carbons (Fsp3) is 0.538. The first-order valence-corrected chi connectivity index (χ1v) is 5.96. The van der Waals surface area contributed by atoms with Crippen molar-refractivity contribution in [3.05, 3.63) is 23.9 Å². The summed E-state index contributed by atoms with van der Waals surface area (Å²) in [5.74, 6) is 0.943. The van der Waals surface area contributed by atoms with Gasteiger partial charge in [-0.1, -0.05) is 0 Å². The summed E-state index contributed by atoms with van der Waals surface area (Å²) in [5.41, 5.74) is 0.717. The Bertz CT molecular complexity index is 400. The maximum Gasteiger partial charge on any atom is 0.159 e. The van der Waals surface area contributed by atoms with Gasteiger partial charge in [-0.3, -0.25) is 4.79 Å². The van der Waals surface area contributed by atoms with E-state index in [4.69, 9.17) is 4.74 Å². The van der Waals surface area contributed by atoms with E-state index in [2.05, 4.69) is 9.88 Å². The second kappa shape index (κ2) is 5.27. The van der Waals surface area contributed by atoms with Crippen molar-refractivity contribution >= 4 is 11.6 Å². The summed E-state index contributed by atoms with van der Waals surface area (Å²) in [6, 6.07) is 4.07. The molecule has 0 atom stereocenters. The van der Waals surface area contributed by atoms with Crippen molar-refractivity contribution in [2.45, 2.75) is 25.8 Å². The van der Waals surface area contributed by atoms with Crippen LogP contribution >= 0.6 is 0 Å². The van der Waals surface area contributed by atoms with E-state index in [1.165, 1.54) is 0 Å². The number of anilines is 1. The zero-order valence-corrected chi connectivity index (χ0v) is 10.3. The molecular weight excluding hydrogens is 216 g/mol. The molecule has 0 unspecified atom stereocenters. The molecule has 0 saturated carbocycles. The minimum Gasteiger partial charge on any atom is -0.381 e. The minimum absolute atomic E-state index is 0.0778. The lowest BCUT2D eigenvalue weighted by Crippen LogP contribution is -2.37.